The number of aromatic nitrogens is 5. The topological polar surface area (TPSA) is 65.1 Å². The van der Waals surface area contributed by atoms with Gasteiger partial charge in [-0.1, -0.05) is 30.7 Å². The number of hydrogen-bond donors (Lipinski definition) is 0. The van der Waals surface area contributed by atoms with Crippen LogP contribution in [0.15, 0.2) is 72.0 Å². The summed E-state index contributed by atoms with van der Waals surface area (Å²) in [6.45, 7) is 2.06. The number of fused-ring (bicyclic) bond motifs is 3. The first-order chi connectivity index (χ1) is 14.2. The maximum absolute atomic E-state index is 13.1. The van der Waals surface area contributed by atoms with Crippen LogP contribution < -0.4 is 5.56 Å². The molecule has 4 heterocycles. The van der Waals surface area contributed by atoms with Gasteiger partial charge in [0.1, 0.15) is 0 Å². The first kappa shape index (κ1) is 17.6. The summed E-state index contributed by atoms with van der Waals surface area (Å²) in [7, 11) is 0. The first-order valence-electron chi connectivity index (χ1n) is 9.25. The van der Waals surface area contributed by atoms with E-state index in [1.54, 1.807) is 46.0 Å². The lowest BCUT2D eigenvalue weighted by atomic mass is 10.0. The summed E-state index contributed by atoms with van der Waals surface area (Å²) in [6, 6.07) is 13.1. The van der Waals surface area contributed by atoms with Crippen LogP contribution in [0.5, 0.6) is 0 Å². The molecule has 1 aromatic carbocycles. The van der Waals surface area contributed by atoms with Crippen molar-refractivity contribution in [3.8, 4) is 16.8 Å². The van der Waals surface area contributed by atoms with Gasteiger partial charge in [0, 0.05) is 35.4 Å². The number of hydrogen-bond acceptors (Lipinski definition) is 4. The molecular formula is C22H16ClN5O. The van der Waals surface area contributed by atoms with E-state index in [4.69, 9.17) is 16.7 Å². The van der Waals surface area contributed by atoms with Gasteiger partial charge >= 0.3 is 0 Å². The Morgan fingerprint density at radius 1 is 1.03 bits per heavy atom. The van der Waals surface area contributed by atoms with E-state index in [0.717, 1.165) is 40.1 Å². The Labute approximate surface area is 171 Å². The molecule has 0 N–H and O–H groups in total. The maximum Gasteiger partial charge on any atom is 0.266 e. The van der Waals surface area contributed by atoms with E-state index in [1.807, 2.05) is 30.3 Å². The van der Waals surface area contributed by atoms with Gasteiger partial charge in [0.05, 0.1) is 22.3 Å². The van der Waals surface area contributed by atoms with Crippen molar-refractivity contribution >= 4 is 28.2 Å². The van der Waals surface area contributed by atoms with Crippen LogP contribution in [0.25, 0.3) is 33.4 Å². The summed E-state index contributed by atoms with van der Waals surface area (Å²) in [4.78, 5) is 21.7. The van der Waals surface area contributed by atoms with Gasteiger partial charge in [-0.2, -0.15) is 5.10 Å². The summed E-state index contributed by atoms with van der Waals surface area (Å²) >= 11 is 6.05. The predicted molar refractivity (Wildman–Crippen MR) is 114 cm³/mol. The van der Waals surface area contributed by atoms with Crippen LogP contribution in [-0.2, 0) is 6.42 Å². The van der Waals surface area contributed by atoms with Crippen LogP contribution >= 0.6 is 11.6 Å². The molecule has 0 radical (unpaired) electrons. The fourth-order valence-corrected chi connectivity index (χ4v) is 3.71. The quantitative estimate of drug-likeness (QED) is 0.452. The molecule has 0 unspecified atom stereocenters. The van der Waals surface area contributed by atoms with Gasteiger partial charge in [-0.3, -0.25) is 14.3 Å². The van der Waals surface area contributed by atoms with Crippen molar-refractivity contribution in [1.82, 2.24) is 24.1 Å². The fourth-order valence-electron chi connectivity index (χ4n) is 3.58. The summed E-state index contributed by atoms with van der Waals surface area (Å²) < 4.78 is 3.35. The van der Waals surface area contributed by atoms with Gasteiger partial charge in [0.25, 0.3) is 5.56 Å². The summed E-state index contributed by atoms with van der Waals surface area (Å²) in [5, 5.41) is 5.95. The highest BCUT2D eigenvalue weighted by Crippen LogP contribution is 2.30. The highest BCUT2D eigenvalue weighted by molar-refractivity contribution is 6.30. The standard InChI is InChI=1S/C22H16ClN5O/c1-2-18-20(14-3-5-15(23)6-4-14)21-25-13-17-19(28(21)26-18)9-12-27(22(17)29)16-7-10-24-11-8-16/h3-13H,2H2,1H3. The SMILES string of the molecule is CCc1nn2c(ncc3c(=O)n(-c4ccncc4)ccc32)c1-c1ccc(Cl)cc1. The van der Waals surface area contributed by atoms with Crippen molar-refractivity contribution in [1.29, 1.82) is 0 Å². The van der Waals surface area contributed by atoms with E-state index in [9.17, 15) is 4.79 Å². The molecule has 5 rings (SSSR count). The Bertz CT molecular complexity index is 1410. The minimum atomic E-state index is -0.148. The van der Waals surface area contributed by atoms with E-state index in [0.29, 0.717) is 10.4 Å². The Balaban J connectivity index is 1.79. The van der Waals surface area contributed by atoms with Gasteiger partial charge in [-0.15, -0.1) is 0 Å². The van der Waals surface area contributed by atoms with Gasteiger partial charge in [0.15, 0.2) is 5.65 Å². The lowest BCUT2D eigenvalue weighted by molar-refractivity contribution is 0.909. The zero-order valence-corrected chi connectivity index (χ0v) is 16.3. The zero-order valence-electron chi connectivity index (χ0n) is 15.6. The third kappa shape index (κ3) is 2.80. The molecule has 0 aliphatic carbocycles. The Hall–Kier alpha value is -3.51. The smallest absolute Gasteiger partial charge is 0.266 e. The fraction of sp³-hybridized carbons (Fsp3) is 0.0909. The molecule has 0 aliphatic rings. The molecule has 142 valence electrons. The van der Waals surface area contributed by atoms with Crippen molar-refractivity contribution in [2.45, 2.75) is 13.3 Å². The Morgan fingerprint density at radius 3 is 2.52 bits per heavy atom. The number of aryl methyl sites for hydroxylation is 1. The van der Waals surface area contributed by atoms with Gasteiger partial charge in [-0.05, 0) is 42.3 Å². The summed E-state index contributed by atoms with van der Waals surface area (Å²) in [6.07, 6.45) is 7.45. The first-order valence-corrected chi connectivity index (χ1v) is 9.63. The van der Waals surface area contributed by atoms with E-state index in [1.165, 1.54) is 0 Å². The molecule has 0 fully saturated rings. The van der Waals surface area contributed by atoms with Gasteiger partial charge in [0.2, 0.25) is 0 Å². The molecule has 0 saturated carbocycles. The third-order valence-electron chi connectivity index (χ3n) is 4.99. The van der Waals surface area contributed by atoms with E-state index >= 15 is 0 Å². The average Bonchev–Trinajstić information content (AvgIpc) is 3.14. The summed E-state index contributed by atoms with van der Waals surface area (Å²) in [5.74, 6) is 0. The van der Waals surface area contributed by atoms with Gasteiger partial charge in [-0.25, -0.2) is 9.50 Å². The van der Waals surface area contributed by atoms with Crippen molar-refractivity contribution in [3.05, 3.63) is 88.3 Å². The number of benzene rings is 1. The summed E-state index contributed by atoms with van der Waals surface area (Å²) in [5.41, 5.74) is 4.93. The molecule has 6 nitrogen and oxygen atoms in total. The highest BCUT2D eigenvalue weighted by Gasteiger charge is 2.18. The van der Waals surface area contributed by atoms with Gasteiger partial charge < -0.3 is 0 Å². The van der Waals surface area contributed by atoms with Crippen LogP contribution in [0.4, 0.5) is 0 Å². The largest absolute Gasteiger partial charge is 0.284 e. The molecular weight excluding hydrogens is 386 g/mol. The number of nitrogens with zero attached hydrogens (tertiary/aromatic N) is 5. The Kier molecular flexibility index (Phi) is 4.14. The van der Waals surface area contributed by atoms with E-state index in [-0.39, 0.29) is 5.56 Å². The molecule has 0 atom stereocenters. The molecule has 0 spiro atoms. The zero-order chi connectivity index (χ0) is 20.0. The second-order valence-corrected chi connectivity index (χ2v) is 7.11. The minimum Gasteiger partial charge on any atom is -0.284 e. The van der Waals surface area contributed by atoms with Crippen LogP contribution in [-0.4, -0.2) is 24.1 Å². The predicted octanol–water partition coefficient (Wildman–Crippen LogP) is 4.31. The lowest BCUT2D eigenvalue weighted by Gasteiger charge is -2.08. The minimum absolute atomic E-state index is 0.148. The number of pyridine rings is 2. The molecule has 4 aromatic heterocycles. The van der Waals surface area contributed by atoms with Crippen LogP contribution in [0.1, 0.15) is 12.6 Å². The van der Waals surface area contributed by atoms with Crippen LogP contribution in [0.2, 0.25) is 5.02 Å². The average molecular weight is 402 g/mol. The maximum atomic E-state index is 13.1. The molecule has 5 aromatic rings. The molecule has 0 bridgehead atoms. The molecule has 0 saturated heterocycles. The van der Waals surface area contributed by atoms with E-state index in [2.05, 4.69) is 16.9 Å². The van der Waals surface area contributed by atoms with Crippen LogP contribution in [0.3, 0.4) is 0 Å². The normalized spacial score (nSPS) is 11.4. The number of halogens is 1. The molecule has 0 amide bonds. The lowest BCUT2D eigenvalue weighted by Crippen LogP contribution is -2.18. The molecule has 7 heteroatoms. The second-order valence-electron chi connectivity index (χ2n) is 6.67. The van der Waals surface area contributed by atoms with E-state index < -0.39 is 0 Å². The van der Waals surface area contributed by atoms with Crippen molar-refractivity contribution < 1.29 is 0 Å². The molecule has 29 heavy (non-hydrogen) atoms. The number of rotatable bonds is 3. The van der Waals surface area contributed by atoms with Crippen LogP contribution in [0, 0.1) is 0 Å². The Morgan fingerprint density at radius 2 is 1.79 bits per heavy atom. The van der Waals surface area contributed by atoms with Crippen molar-refractivity contribution in [3.63, 3.8) is 0 Å². The molecule has 0 aliphatic heterocycles. The third-order valence-corrected chi connectivity index (χ3v) is 5.24. The second kappa shape index (κ2) is 6.83. The van der Waals surface area contributed by atoms with Crippen molar-refractivity contribution in [2.75, 3.05) is 0 Å². The van der Waals surface area contributed by atoms with Crippen molar-refractivity contribution in [2.24, 2.45) is 0 Å². The monoisotopic (exact) mass is 401 g/mol. The highest BCUT2D eigenvalue weighted by atomic mass is 35.5.